The number of imidazole rings is 1. The molecule has 168 valence electrons. The number of nitrogens with one attached hydrogen (secondary N) is 1. The molecule has 0 saturated carbocycles. The maximum absolute atomic E-state index is 13.3. The minimum atomic E-state index is -0.450. The number of rotatable bonds is 8. The molecular formula is C25H23FN4O3. The number of anilines is 1. The van der Waals surface area contributed by atoms with Gasteiger partial charge >= 0.3 is 0 Å². The zero-order valence-electron chi connectivity index (χ0n) is 18.1. The number of benzene rings is 3. The molecule has 0 fully saturated rings. The van der Waals surface area contributed by atoms with Crippen molar-refractivity contribution in [3.8, 4) is 5.75 Å². The molecule has 0 bridgehead atoms. The second-order valence-electron chi connectivity index (χ2n) is 7.51. The fraction of sp³-hybridized carbons (Fsp3) is 0.160. The molecule has 1 aromatic heterocycles. The molecule has 3 aromatic carbocycles. The van der Waals surface area contributed by atoms with Crippen LogP contribution < -0.4 is 10.1 Å². The van der Waals surface area contributed by atoms with Gasteiger partial charge in [0.1, 0.15) is 30.5 Å². The summed E-state index contributed by atoms with van der Waals surface area (Å²) in [4.78, 5) is 31.2. The van der Waals surface area contributed by atoms with E-state index in [1.165, 1.54) is 23.1 Å². The molecule has 2 amide bonds. The lowest BCUT2D eigenvalue weighted by molar-refractivity contribution is -0.133. The first-order valence-corrected chi connectivity index (χ1v) is 10.4. The first kappa shape index (κ1) is 22.0. The van der Waals surface area contributed by atoms with Gasteiger partial charge in [-0.1, -0.05) is 36.4 Å². The van der Waals surface area contributed by atoms with Crippen LogP contribution in [0.25, 0.3) is 11.0 Å². The average Bonchev–Trinajstić information content (AvgIpc) is 3.15. The van der Waals surface area contributed by atoms with Crippen LogP contribution in [0.2, 0.25) is 0 Å². The van der Waals surface area contributed by atoms with Gasteiger partial charge in [-0.3, -0.25) is 9.59 Å². The quantitative estimate of drug-likeness (QED) is 0.446. The molecule has 33 heavy (non-hydrogen) atoms. The van der Waals surface area contributed by atoms with Crippen molar-refractivity contribution in [1.29, 1.82) is 0 Å². The Morgan fingerprint density at radius 1 is 1.03 bits per heavy atom. The van der Waals surface area contributed by atoms with Gasteiger partial charge in [0.25, 0.3) is 0 Å². The topological polar surface area (TPSA) is 76.5 Å². The van der Waals surface area contributed by atoms with Gasteiger partial charge in [0.15, 0.2) is 0 Å². The van der Waals surface area contributed by atoms with E-state index in [-0.39, 0.29) is 25.6 Å². The Hall–Kier alpha value is -4.20. The summed E-state index contributed by atoms with van der Waals surface area (Å²) < 4.78 is 21.0. The number of carbonyl (C=O) groups is 2. The van der Waals surface area contributed by atoms with E-state index in [0.29, 0.717) is 17.3 Å². The molecule has 4 aromatic rings. The standard InChI is InChI=1S/C25H23FN4O3/c1-29(15-24(31)27-19-9-7-8-18(26)14-19)25(32)16-30-22-13-6-5-12-21(22)28-23(30)17-33-20-10-3-2-4-11-20/h2-14H,15-17H2,1H3,(H,27,31). The minimum absolute atomic E-state index is 0.00224. The van der Waals surface area contributed by atoms with Gasteiger partial charge in [0.2, 0.25) is 11.8 Å². The summed E-state index contributed by atoms with van der Waals surface area (Å²) in [6.07, 6.45) is 0. The van der Waals surface area contributed by atoms with Crippen molar-refractivity contribution in [2.45, 2.75) is 13.2 Å². The zero-order valence-corrected chi connectivity index (χ0v) is 18.1. The van der Waals surface area contributed by atoms with Crippen LogP contribution in [0.3, 0.4) is 0 Å². The van der Waals surface area contributed by atoms with E-state index in [1.54, 1.807) is 17.7 Å². The Morgan fingerprint density at radius 3 is 2.58 bits per heavy atom. The number of carbonyl (C=O) groups excluding carboxylic acids is 2. The van der Waals surface area contributed by atoms with Crippen LogP contribution in [0, 0.1) is 5.82 Å². The third-order valence-electron chi connectivity index (χ3n) is 5.05. The molecule has 0 aliphatic rings. The van der Waals surface area contributed by atoms with Crippen molar-refractivity contribution in [3.63, 3.8) is 0 Å². The van der Waals surface area contributed by atoms with Crippen molar-refractivity contribution in [1.82, 2.24) is 14.5 Å². The van der Waals surface area contributed by atoms with E-state index in [9.17, 15) is 14.0 Å². The van der Waals surface area contributed by atoms with Crippen LogP contribution in [-0.2, 0) is 22.7 Å². The molecule has 1 heterocycles. The third kappa shape index (κ3) is 5.54. The molecule has 0 aliphatic carbocycles. The molecule has 0 unspecified atom stereocenters. The molecular weight excluding hydrogens is 423 g/mol. The van der Waals surface area contributed by atoms with Gasteiger partial charge in [-0.2, -0.15) is 0 Å². The van der Waals surface area contributed by atoms with Crippen LogP contribution in [0.5, 0.6) is 5.75 Å². The number of nitrogens with zero attached hydrogens (tertiary/aromatic N) is 3. The van der Waals surface area contributed by atoms with Gasteiger partial charge in [0.05, 0.1) is 17.6 Å². The normalized spacial score (nSPS) is 10.7. The molecule has 0 saturated heterocycles. The number of ether oxygens (including phenoxy) is 1. The molecule has 4 rings (SSSR count). The van der Waals surface area contributed by atoms with Crippen LogP contribution in [0.4, 0.5) is 10.1 Å². The van der Waals surface area contributed by atoms with Gasteiger partial charge in [-0.05, 0) is 42.5 Å². The van der Waals surface area contributed by atoms with Crippen molar-refractivity contribution < 1.29 is 18.7 Å². The smallest absolute Gasteiger partial charge is 0.243 e. The Labute approximate surface area is 190 Å². The van der Waals surface area contributed by atoms with Crippen molar-refractivity contribution in [3.05, 3.63) is 90.5 Å². The maximum atomic E-state index is 13.3. The molecule has 0 aliphatic heterocycles. The van der Waals surface area contributed by atoms with Crippen LogP contribution in [0.1, 0.15) is 5.82 Å². The summed E-state index contributed by atoms with van der Waals surface area (Å²) in [5.41, 5.74) is 1.89. The summed E-state index contributed by atoms with van der Waals surface area (Å²) in [7, 11) is 1.55. The first-order valence-electron chi connectivity index (χ1n) is 10.4. The van der Waals surface area contributed by atoms with E-state index < -0.39 is 11.7 Å². The number of para-hydroxylation sites is 3. The van der Waals surface area contributed by atoms with Gasteiger partial charge in [-0.25, -0.2) is 9.37 Å². The Morgan fingerprint density at radius 2 is 1.79 bits per heavy atom. The maximum Gasteiger partial charge on any atom is 0.243 e. The summed E-state index contributed by atoms with van der Waals surface area (Å²) in [5.74, 6) is 0.169. The summed E-state index contributed by atoms with van der Waals surface area (Å²) in [6.45, 7) is 0.0192. The van der Waals surface area contributed by atoms with Gasteiger partial charge in [0, 0.05) is 12.7 Å². The summed E-state index contributed by atoms with van der Waals surface area (Å²) in [6, 6.07) is 22.5. The Balaban J connectivity index is 1.45. The van der Waals surface area contributed by atoms with Crippen LogP contribution in [-0.4, -0.2) is 39.9 Å². The number of likely N-dealkylation sites (N-methyl/N-ethyl adjacent to an activating group) is 1. The lowest BCUT2D eigenvalue weighted by Crippen LogP contribution is -2.37. The van der Waals surface area contributed by atoms with Crippen molar-refractivity contribution in [2.24, 2.45) is 0 Å². The predicted molar refractivity (Wildman–Crippen MR) is 123 cm³/mol. The van der Waals surface area contributed by atoms with Crippen LogP contribution >= 0.6 is 0 Å². The lowest BCUT2D eigenvalue weighted by atomic mass is 10.3. The zero-order chi connectivity index (χ0) is 23.2. The highest BCUT2D eigenvalue weighted by molar-refractivity contribution is 5.94. The molecule has 0 atom stereocenters. The fourth-order valence-corrected chi connectivity index (χ4v) is 3.40. The average molecular weight is 446 g/mol. The van der Waals surface area contributed by atoms with E-state index >= 15 is 0 Å². The van der Waals surface area contributed by atoms with Crippen LogP contribution in [0.15, 0.2) is 78.9 Å². The number of fused-ring (bicyclic) bond motifs is 1. The molecule has 0 radical (unpaired) electrons. The van der Waals surface area contributed by atoms with E-state index in [2.05, 4.69) is 10.3 Å². The van der Waals surface area contributed by atoms with Crippen molar-refractivity contribution in [2.75, 3.05) is 18.9 Å². The SMILES string of the molecule is CN(CC(=O)Nc1cccc(F)c1)C(=O)Cn1c(COc2ccccc2)nc2ccccc21. The molecule has 7 nitrogen and oxygen atoms in total. The number of aromatic nitrogens is 2. The molecule has 8 heteroatoms. The van der Waals surface area contributed by atoms with Crippen molar-refractivity contribution >= 4 is 28.5 Å². The predicted octanol–water partition coefficient (Wildman–Crippen LogP) is 3.85. The van der Waals surface area contributed by atoms with Gasteiger partial charge < -0.3 is 19.5 Å². The summed E-state index contributed by atoms with van der Waals surface area (Å²) >= 11 is 0. The summed E-state index contributed by atoms with van der Waals surface area (Å²) in [5, 5.41) is 2.59. The molecule has 0 spiro atoms. The monoisotopic (exact) mass is 446 g/mol. The third-order valence-corrected chi connectivity index (χ3v) is 5.05. The second kappa shape index (κ2) is 9.95. The van der Waals surface area contributed by atoms with E-state index in [1.807, 2.05) is 54.6 Å². The highest BCUT2D eigenvalue weighted by atomic mass is 19.1. The largest absolute Gasteiger partial charge is 0.486 e. The van der Waals surface area contributed by atoms with Gasteiger partial charge in [-0.15, -0.1) is 0 Å². The number of halogens is 1. The fourth-order valence-electron chi connectivity index (χ4n) is 3.40. The highest BCUT2D eigenvalue weighted by Crippen LogP contribution is 2.19. The number of hydrogen-bond acceptors (Lipinski definition) is 4. The Kier molecular flexibility index (Phi) is 6.64. The Bertz CT molecular complexity index is 1270. The first-order chi connectivity index (χ1) is 16.0. The highest BCUT2D eigenvalue weighted by Gasteiger charge is 2.18. The second-order valence-corrected chi connectivity index (χ2v) is 7.51. The van der Waals surface area contributed by atoms with E-state index in [0.717, 1.165) is 11.0 Å². The van der Waals surface area contributed by atoms with E-state index in [4.69, 9.17) is 4.74 Å². The lowest BCUT2D eigenvalue weighted by Gasteiger charge is -2.18. The number of amides is 2. The number of hydrogen-bond donors (Lipinski definition) is 1. The molecule has 1 N–H and O–H groups in total. The minimum Gasteiger partial charge on any atom is -0.486 e.